The van der Waals surface area contributed by atoms with Crippen LogP contribution in [0, 0.1) is 0 Å². The van der Waals surface area contributed by atoms with Crippen molar-refractivity contribution in [3.05, 3.63) is 72.1 Å². The Morgan fingerprint density at radius 2 is 1.70 bits per heavy atom. The van der Waals surface area contributed by atoms with E-state index in [1.54, 1.807) is 12.1 Å². The Morgan fingerprint density at radius 3 is 2.50 bits per heavy atom. The van der Waals surface area contributed by atoms with Crippen molar-refractivity contribution in [1.82, 2.24) is 4.98 Å². The molecule has 0 aliphatic rings. The van der Waals surface area contributed by atoms with Gasteiger partial charge in [-0.05, 0) is 30.0 Å². The van der Waals surface area contributed by atoms with Gasteiger partial charge in [0.1, 0.15) is 0 Å². The van der Waals surface area contributed by atoms with Crippen LogP contribution >= 0.6 is 11.3 Å². The monoisotopic (exact) mass is 416 g/mol. The second-order valence-corrected chi connectivity index (χ2v) is 7.55. The van der Waals surface area contributed by atoms with E-state index in [0.29, 0.717) is 5.69 Å². The van der Waals surface area contributed by atoms with Gasteiger partial charge < -0.3 is 20.5 Å². The molecule has 150 valence electrons. The topological polar surface area (TPSA) is 94.1 Å². The van der Waals surface area contributed by atoms with Crippen molar-refractivity contribution in [2.75, 3.05) is 10.6 Å². The number of aromatic nitrogens is 1. The summed E-state index contributed by atoms with van der Waals surface area (Å²) in [5.41, 5.74) is 3.36. The van der Waals surface area contributed by atoms with E-state index in [1.165, 1.54) is 11.3 Å². The van der Waals surface area contributed by atoms with E-state index in [9.17, 15) is 14.7 Å². The predicted molar refractivity (Wildman–Crippen MR) is 118 cm³/mol. The molecule has 1 amide bonds. The maximum Gasteiger partial charge on any atom is 0.224 e. The highest BCUT2D eigenvalue weighted by molar-refractivity contribution is 7.14. The van der Waals surface area contributed by atoms with Crippen molar-refractivity contribution in [3.63, 3.8) is 0 Å². The number of amides is 1. The Morgan fingerprint density at radius 1 is 0.933 bits per heavy atom. The third-order valence-electron chi connectivity index (χ3n) is 4.56. The highest BCUT2D eigenvalue weighted by Gasteiger charge is 2.08. The van der Waals surface area contributed by atoms with Gasteiger partial charge in [-0.1, -0.05) is 48.5 Å². The van der Waals surface area contributed by atoms with Gasteiger partial charge >= 0.3 is 0 Å². The fraction of sp³-hybridized carbons (Fsp3) is 0.0870. The number of hydrogen-bond acceptors (Lipinski definition) is 6. The van der Waals surface area contributed by atoms with E-state index in [1.807, 2.05) is 41.8 Å². The lowest BCUT2D eigenvalue weighted by atomic mass is 10.1. The molecular formula is C23H18N3O3S-. The minimum absolute atomic E-state index is 0.112. The molecule has 30 heavy (non-hydrogen) atoms. The number of nitrogens with one attached hydrogen (secondary N) is 2. The van der Waals surface area contributed by atoms with Crippen LogP contribution in [-0.4, -0.2) is 16.9 Å². The van der Waals surface area contributed by atoms with E-state index in [4.69, 9.17) is 0 Å². The molecule has 0 atom stereocenters. The van der Waals surface area contributed by atoms with Gasteiger partial charge in [0.05, 0.1) is 5.69 Å². The number of thiazole rings is 1. The first kappa shape index (κ1) is 19.6. The first-order valence-corrected chi connectivity index (χ1v) is 10.3. The maximum absolute atomic E-state index is 11.7. The van der Waals surface area contributed by atoms with Crippen molar-refractivity contribution in [2.24, 2.45) is 0 Å². The summed E-state index contributed by atoms with van der Waals surface area (Å²) >= 11 is 1.52. The molecule has 3 aromatic carbocycles. The summed E-state index contributed by atoms with van der Waals surface area (Å²) in [5.74, 6) is -1.60. The lowest BCUT2D eigenvalue weighted by Crippen LogP contribution is -2.24. The zero-order valence-electron chi connectivity index (χ0n) is 15.9. The zero-order valence-corrected chi connectivity index (χ0v) is 16.7. The highest BCUT2D eigenvalue weighted by Crippen LogP contribution is 2.31. The number of rotatable bonds is 7. The van der Waals surface area contributed by atoms with E-state index < -0.39 is 5.97 Å². The number of anilines is 3. The maximum atomic E-state index is 11.7. The van der Waals surface area contributed by atoms with Crippen LogP contribution in [0.1, 0.15) is 12.8 Å². The summed E-state index contributed by atoms with van der Waals surface area (Å²) < 4.78 is 0. The average Bonchev–Trinajstić information content (AvgIpc) is 3.22. The standard InChI is InChI=1S/C23H19N3O3S/c27-21(12-13-22(28)29)24-17-10-8-16(9-11-17)20-14-30-23(26-20)25-19-7-3-5-15-4-1-2-6-18(15)19/h1-11,14H,12-13H2,(H,24,27)(H,25,26)(H,28,29)/p-1. The number of carbonyl (C=O) groups is 2. The van der Waals surface area contributed by atoms with Crippen molar-refractivity contribution in [3.8, 4) is 11.3 Å². The first-order valence-electron chi connectivity index (χ1n) is 9.39. The Kier molecular flexibility index (Phi) is 5.72. The molecule has 4 aromatic rings. The predicted octanol–water partition coefficient (Wildman–Crippen LogP) is 4.18. The van der Waals surface area contributed by atoms with Crippen LogP contribution in [0.4, 0.5) is 16.5 Å². The normalized spacial score (nSPS) is 10.7. The second kappa shape index (κ2) is 8.75. The van der Waals surface area contributed by atoms with E-state index in [2.05, 4.69) is 33.8 Å². The summed E-state index contributed by atoms with van der Waals surface area (Å²) in [6.45, 7) is 0. The fourth-order valence-corrected chi connectivity index (χ4v) is 3.81. The van der Waals surface area contributed by atoms with Crippen LogP contribution in [0.15, 0.2) is 72.1 Å². The molecular weight excluding hydrogens is 398 g/mol. The van der Waals surface area contributed by atoms with E-state index in [0.717, 1.165) is 32.8 Å². The Hall–Kier alpha value is -3.71. The van der Waals surface area contributed by atoms with Crippen LogP contribution < -0.4 is 15.7 Å². The molecule has 0 spiro atoms. The minimum Gasteiger partial charge on any atom is -0.550 e. The SMILES string of the molecule is O=C([O-])CCC(=O)Nc1ccc(-c2csc(Nc3cccc4ccccc34)n2)cc1. The number of nitrogens with zero attached hydrogens (tertiary/aromatic N) is 1. The van der Waals surface area contributed by atoms with Gasteiger partial charge in [-0.3, -0.25) is 4.79 Å². The Bertz CT molecular complexity index is 1200. The largest absolute Gasteiger partial charge is 0.550 e. The molecule has 0 bridgehead atoms. The summed E-state index contributed by atoms with van der Waals surface area (Å²) in [5, 5.41) is 21.6. The number of carbonyl (C=O) groups excluding carboxylic acids is 2. The molecule has 0 saturated heterocycles. The molecule has 7 heteroatoms. The number of hydrogen-bond donors (Lipinski definition) is 2. The smallest absolute Gasteiger partial charge is 0.224 e. The molecule has 6 nitrogen and oxygen atoms in total. The third-order valence-corrected chi connectivity index (χ3v) is 5.31. The zero-order chi connectivity index (χ0) is 20.9. The quantitative estimate of drug-likeness (QED) is 0.471. The molecule has 0 aliphatic heterocycles. The van der Waals surface area contributed by atoms with Crippen LogP contribution in [0.3, 0.4) is 0 Å². The van der Waals surface area contributed by atoms with Crippen LogP contribution in [0.25, 0.3) is 22.0 Å². The molecule has 2 N–H and O–H groups in total. The Balaban J connectivity index is 1.45. The van der Waals surface area contributed by atoms with Gasteiger partial charge in [0.2, 0.25) is 5.91 Å². The second-order valence-electron chi connectivity index (χ2n) is 6.69. The van der Waals surface area contributed by atoms with E-state index in [-0.39, 0.29) is 18.7 Å². The van der Waals surface area contributed by atoms with E-state index >= 15 is 0 Å². The van der Waals surface area contributed by atoms with Crippen molar-refractivity contribution in [1.29, 1.82) is 0 Å². The minimum atomic E-state index is -1.24. The highest BCUT2D eigenvalue weighted by atomic mass is 32.1. The number of benzene rings is 3. The molecule has 0 unspecified atom stereocenters. The van der Waals surface area contributed by atoms with Crippen molar-refractivity contribution < 1.29 is 14.7 Å². The van der Waals surface area contributed by atoms with Gasteiger partial charge in [0.15, 0.2) is 5.13 Å². The molecule has 0 fully saturated rings. The number of fused-ring (bicyclic) bond motifs is 1. The van der Waals surface area contributed by atoms with Crippen molar-refractivity contribution in [2.45, 2.75) is 12.8 Å². The summed E-state index contributed by atoms with van der Waals surface area (Å²) in [4.78, 5) is 26.8. The molecule has 1 aromatic heterocycles. The molecule has 0 saturated carbocycles. The molecule has 4 rings (SSSR count). The van der Waals surface area contributed by atoms with Gasteiger partial charge in [0, 0.05) is 40.1 Å². The Labute approximate surface area is 177 Å². The molecule has 1 heterocycles. The summed E-state index contributed by atoms with van der Waals surface area (Å²) in [6.07, 6.45) is -0.408. The number of carboxylic acid groups (broad SMARTS) is 1. The summed E-state index contributed by atoms with van der Waals surface area (Å²) in [7, 11) is 0. The fourth-order valence-electron chi connectivity index (χ4n) is 3.08. The lowest BCUT2D eigenvalue weighted by molar-refractivity contribution is -0.305. The van der Waals surface area contributed by atoms with Crippen molar-refractivity contribution >= 4 is 50.5 Å². The number of aliphatic carboxylic acids is 1. The van der Waals surface area contributed by atoms with Gasteiger partial charge in [0.25, 0.3) is 0 Å². The lowest BCUT2D eigenvalue weighted by Gasteiger charge is -2.07. The van der Waals surface area contributed by atoms with Gasteiger partial charge in [-0.25, -0.2) is 4.98 Å². The van der Waals surface area contributed by atoms with Gasteiger partial charge in [-0.2, -0.15) is 0 Å². The average molecular weight is 416 g/mol. The van der Waals surface area contributed by atoms with Gasteiger partial charge in [-0.15, -0.1) is 11.3 Å². The third kappa shape index (κ3) is 4.64. The summed E-state index contributed by atoms with van der Waals surface area (Å²) in [6, 6.07) is 21.6. The molecule has 0 aliphatic carbocycles. The first-order chi connectivity index (χ1) is 14.6. The molecule has 0 radical (unpaired) electrons. The van der Waals surface area contributed by atoms with Crippen LogP contribution in [0.2, 0.25) is 0 Å². The van der Waals surface area contributed by atoms with Crippen LogP contribution in [0.5, 0.6) is 0 Å². The van der Waals surface area contributed by atoms with Crippen LogP contribution in [-0.2, 0) is 9.59 Å². The number of carboxylic acids is 1.